The summed E-state index contributed by atoms with van der Waals surface area (Å²) in [4.78, 5) is 19.9. The highest BCUT2D eigenvalue weighted by Crippen LogP contribution is 2.40. The van der Waals surface area contributed by atoms with Gasteiger partial charge >= 0.3 is 6.18 Å². The molecule has 1 aliphatic rings. The zero-order chi connectivity index (χ0) is 26.3. The summed E-state index contributed by atoms with van der Waals surface area (Å²) >= 11 is 0. The van der Waals surface area contributed by atoms with Gasteiger partial charge in [0.05, 0.1) is 5.69 Å². The Balaban J connectivity index is 1.46. The fourth-order valence-corrected chi connectivity index (χ4v) is 5.09. The minimum Gasteiger partial charge on any atom is -0.329 e. The van der Waals surface area contributed by atoms with Gasteiger partial charge in [0, 0.05) is 30.3 Å². The molecule has 0 saturated heterocycles. The van der Waals surface area contributed by atoms with Crippen LogP contribution in [0.2, 0.25) is 0 Å². The van der Waals surface area contributed by atoms with E-state index in [4.69, 9.17) is 0 Å². The summed E-state index contributed by atoms with van der Waals surface area (Å²) in [5.74, 6) is -0.463. The second-order valence-corrected chi connectivity index (χ2v) is 9.37. The van der Waals surface area contributed by atoms with Crippen molar-refractivity contribution >= 4 is 11.6 Å². The van der Waals surface area contributed by atoms with E-state index in [2.05, 4.69) is 10.1 Å². The van der Waals surface area contributed by atoms with Crippen LogP contribution in [0.15, 0.2) is 91.0 Å². The summed E-state index contributed by atoms with van der Waals surface area (Å²) in [7, 11) is 0. The molecule has 0 atom stereocenters. The molecule has 0 radical (unpaired) electrons. The normalized spacial score (nSPS) is 12.7. The van der Waals surface area contributed by atoms with E-state index >= 15 is 0 Å². The van der Waals surface area contributed by atoms with E-state index in [9.17, 15) is 18.0 Å². The number of aromatic nitrogens is 3. The van der Waals surface area contributed by atoms with Gasteiger partial charge in [-0.2, -0.15) is 18.3 Å². The number of aryl methyl sites for hydroxylation is 1. The lowest BCUT2D eigenvalue weighted by atomic mass is 9.88. The largest absolute Gasteiger partial charge is 0.433 e. The van der Waals surface area contributed by atoms with Gasteiger partial charge < -0.3 is 4.90 Å². The average Bonchev–Trinajstić information content (AvgIpc) is 3.35. The molecule has 0 aliphatic heterocycles. The van der Waals surface area contributed by atoms with Gasteiger partial charge in [-0.15, -0.1) is 0 Å². The van der Waals surface area contributed by atoms with Crippen LogP contribution in [0.3, 0.4) is 0 Å². The fourth-order valence-electron chi connectivity index (χ4n) is 5.09. The molecule has 38 heavy (non-hydrogen) atoms. The van der Waals surface area contributed by atoms with Crippen molar-refractivity contribution in [2.75, 3.05) is 0 Å². The number of rotatable bonds is 5. The monoisotopic (exact) mass is 512 g/mol. The minimum atomic E-state index is -4.67. The highest BCUT2D eigenvalue weighted by Gasteiger charge is 2.40. The van der Waals surface area contributed by atoms with Gasteiger partial charge in [-0.1, -0.05) is 84.9 Å². The second-order valence-electron chi connectivity index (χ2n) is 9.37. The summed E-state index contributed by atoms with van der Waals surface area (Å²) in [5.41, 5.74) is 2.91. The van der Waals surface area contributed by atoms with Crippen LogP contribution in [0.4, 0.5) is 13.2 Å². The maximum Gasteiger partial charge on any atom is 0.433 e. The maximum atomic E-state index is 14.4. The van der Waals surface area contributed by atoms with E-state index in [1.807, 2.05) is 72.8 Å². The Labute approximate surface area is 217 Å². The summed E-state index contributed by atoms with van der Waals surface area (Å²) < 4.78 is 44.1. The molecule has 0 fully saturated rings. The highest BCUT2D eigenvalue weighted by atomic mass is 19.4. The van der Waals surface area contributed by atoms with Crippen molar-refractivity contribution in [3.63, 3.8) is 0 Å². The molecule has 0 spiro atoms. The minimum absolute atomic E-state index is 0.00417. The molecule has 8 heteroatoms. The predicted octanol–water partition coefficient (Wildman–Crippen LogP) is 6.36. The Kier molecular flexibility index (Phi) is 5.94. The van der Waals surface area contributed by atoms with Gasteiger partial charge in [0.15, 0.2) is 17.0 Å². The van der Waals surface area contributed by atoms with Crippen LogP contribution in [-0.4, -0.2) is 25.4 Å². The standard InChI is InChI=1S/C30H23F3N4O/c31-30(32,33)28-24-16-15-22-13-7-8-14-23(22)27(24)34-26-17-25(35-37(26)28)29(38)36(18-20-9-3-1-4-10-20)19-21-11-5-2-6-12-21/h1-14,17H,15-16,18-19H2. The molecule has 2 aromatic heterocycles. The Bertz CT molecular complexity index is 1590. The molecule has 5 nitrogen and oxygen atoms in total. The summed E-state index contributed by atoms with van der Waals surface area (Å²) in [6, 6.07) is 27.7. The molecule has 190 valence electrons. The van der Waals surface area contributed by atoms with Gasteiger partial charge in [-0.25, -0.2) is 9.50 Å². The molecule has 2 heterocycles. The molecule has 5 aromatic rings. The fraction of sp³-hybridized carbons (Fsp3) is 0.167. The van der Waals surface area contributed by atoms with E-state index in [0.717, 1.165) is 21.2 Å². The number of halogens is 3. The lowest BCUT2D eigenvalue weighted by Crippen LogP contribution is -2.30. The summed E-state index contributed by atoms with van der Waals surface area (Å²) in [5, 5.41) is 4.19. The van der Waals surface area contributed by atoms with Crippen molar-refractivity contribution in [1.29, 1.82) is 0 Å². The molecular formula is C30H23F3N4O. The number of hydrogen-bond acceptors (Lipinski definition) is 3. The number of carbonyl (C=O) groups excluding carboxylic acids is 1. The van der Waals surface area contributed by atoms with Crippen molar-refractivity contribution in [3.05, 3.63) is 125 Å². The maximum absolute atomic E-state index is 14.4. The zero-order valence-electron chi connectivity index (χ0n) is 20.3. The van der Waals surface area contributed by atoms with Crippen molar-refractivity contribution in [2.24, 2.45) is 0 Å². The first-order valence-electron chi connectivity index (χ1n) is 12.3. The molecule has 1 amide bonds. The van der Waals surface area contributed by atoms with Crippen LogP contribution >= 0.6 is 0 Å². The number of alkyl halides is 3. The van der Waals surface area contributed by atoms with E-state index in [1.165, 1.54) is 6.07 Å². The van der Waals surface area contributed by atoms with Gasteiger partial charge in [0.25, 0.3) is 5.91 Å². The van der Waals surface area contributed by atoms with E-state index < -0.39 is 17.8 Å². The third-order valence-corrected chi connectivity index (χ3v) is 6.82. The quantitative estimate of drug-likeness (QED) is 0.276. The summed E-state index contributed by atoms with van der Waals surface area (Å²) in [6.07, 6.45) is -3.99. The number of nitrogens with zero attached hydrogens (tertiary/aromatic N) is 4. The van der Waals surface area contributed by atoms with Crippen molar-refractivity contribution in [1.82, 2.24) is 19.5 Å². The lowest BCUT2D eigenvalue weighted by molar-refractivity contribution is -0.143. The number of carbonyl (C=O) groups is 1. The molecular weight excluding hydrogens is 489 g/mol. The number of hydrogen-bond donors (Lipinski definition) is 0. The third-order valence-electron chi connectivity index (χ3n) is 6.82. The van der Waals surface area contributed by atoms with Crippen LogP contribution in [0.25, 0.3) is 16.9 Å². The number of fused-ring (bicyclic) bond motifs is 4. The van der Waals surface area contributed by atoms with Crippen molar-refractivity contribution < 1.29 is 18.0 Å². The second kappa shape index (κ2) is 9.45. The SMILES string of the molecule is O=C(c1cc2nc3c(c(C(F)(F)F)n2n1)CCc1ccccc1-3)N(Cc1ccccc1)Cc1ccccc1. The van der Waals surface area contributed by atoms with Gasteiger partial charge in [0.1, 0.15) is 0 Å². The van der Waals surface area contributed by atoms with E-state index in [1.54, 1.807) is 17.0 Å². The van der Waals surface area contributed by atoms with E-state index in [-0.39, 0.29) is 36.4 Å². The Morgan fingerprint density at radius 3 is 2.08 bits per heavy atom. The molecule has 0 bridgehead atoms. The molecule has 3 aromatic carbocycles. The van der Waals surface area contributed by atoms with Crippen LogP contribution in [0.1, 0.15) is 38.4 Å². The molecule has 0 saturated carbocycles. The summed E-state index contributed by atoms with van der Waals surface area (Å²) in [6.45, 7) is 0.567. The molecule has 0 unspecified atom stereocenters. The van der Waals surface area contributed by atoms with Crippen LogP contribution < -0.4 is 0 Å². The first kappa shape index (κ1) is 23.9. The van der Waals surface area contributed by atoms with Crippen molar-refractivity contribution in [3.8, 4) is 11.3 Å². The highest BCUT2D eigenvalue weighted by molar-refractivity contribution is 5.93. The Morgan fingerprint density at radius 1 is 0.842 bits per heavy atom. The van der Waals surface area contributed by atoms with Gasteiger partial charge in [-0.3, -0.25) is 4.79 Å². The lowest BCUT2D eigenvalue weighted by Gasteiger charge is -2.23. The third kappa shape index (κ3) is 4.42. The van der Waals surface area contributed by atoms with Gasteiger partial charge in [-0.05, 0) is 29.5 Å². The molecule has 6 rings (SSSR count). The average molecular weight is 513 g/mol. The predicted molar refractivity (Wildman–Crippen MR) is 137 cm³/mol. The zero-order valence-corrected chi connectivity index (χ0v) is 20.3. The topological polar surface area (TPSA) is 50.5 Å². The number of amides is 1. The Morgan fingerprint density at radius 2 is 1.45 bits per heavy atom. The molecule has 1 aliphatic carbocycles. The first-order chi connectivity index (χ1) is 18.4. The van der Waals surface area contributed by atoms with E-state index in [0.29, 0.717) is 17.7 Å². The first-order valence-corrected chi connectivity index (χ1v) is 12.3. The van der Waals surface area contributed by atoms with Crippen LogP contribution in [-0.2, 0) is 32.1 Å². The Hall–Kier alpha value is -4.46. The smallest absolute Gasteiger partial charge is 0.329 e. The molecule has 0 N–H and O–H groups in total. The van der Waals surface area contributed by atoms with Gasteiger partial charge in [0.2, 0.25) is 0 Å². The van der Waals surface area contributed by atoms with Crippen LogP contribution in [0, 0.1) is 0 Å². The van der Waals surface area contributed by atoms with Crippen molar-refractivity contribution in [2.45, 2.75) is 32.1 Å². The van der Waals surface area contributed by atoms with Crippen LogP contribution in [0.5, 0.6) is 0 Å². The number of benzene rings is 3.